The Bertz CT molecular complexity index is 227. The molecule has 0 radical (unpaired) electrons. The Morgan fingerprint density at radius 2 is 1.77 bits per heavy atom. The van der Waals surface area contributed by atoms with E-state index in [-0.39, 0.29) is 6.42 Å². The van der Waals surface area contributed by atoms with Crippen molar-refractivity contribution in [1.29, 1.82) is 0 Å². The van der Waals surface area contributed by atoms with Crippen LogP contribution in [0.25, 0.3) is 0 Å². The average Bonchev–Trinajstić information content (AvgIpc) is 1.98. The van der Waals surface area contributed by atoms with Gasteiger partial charge in [-0.15, -0.1) is 0 Å². The summed E-state index contributed by atoms with van der Waals surface area (Å²) < 4.78 is 8.29. The molecule has 74 valence electrons. The Hall–Kier alpha value is -1.79. The number of carbonyl (C=O) groups excluding carboxylic acids is 3. The summed E-state index contributed by atoms with van der Waals surface area (Å²) in [4.78, 5) is 31.2. The average molecular weight is 190 g/mol. The zero-order valence-corrected chi connectivity index (χ0v) is 6.98. The van der Waals surface area contributed by atoms with Gasteiger partial charge in [-0.25, -0.2) is 14.4 Å². The molecule has 0 fully saturated rings. The first-order chi connectivity index (χ1) is 5.97. The fraction of sp³-hybridized carbons (Fsp3) is 0.500. The first-order valence-electron chi connectivity index (χ1n) is 3.44. The van der Waals surface area contributed by atoms with E-state index >= 15 is 0 Å². The lowest BCUT2D eigenvalue weighted by Gasteiger charge is -2.11. The molecule has 0 aliphatic carbocycles. The summed E-state index contributed by atoms with van der Waals surface area (Å²) in [5.74, 6) is -1.03. The summed E-state index contributed by atoms with van der Waals surface area (Å²) in [7, 11) is 0. The van der Waals surface area contributed by atoms with Crippen molar-refractivity contribution in [2.45, 2.75) is 19.4 Å². The van der Waals surface area contributed by atoms with Crippen molar-refractivity contribution in [3.63, 3.8) is 0 Å². The van der Waals surface area contributed by atoms with Crippen molar-refractivity contribution < 1.29 is 23.9 Å². The molecule has 7 heteroatoms. The number of ether oxygens (including phenoxy) is 2. The molecule has 0 spiro atoms. The number of rotatable bonds is 3. The van der Waals surface area contributed by atoms with Crippen LogP contribution in [0.2, 0.25) is 0 Å². The summed E-state index contributed by atoms with van der Waals surface area (Å²) >= 11 is 0. The summed E-state index contributed by atoms with van der Waals surface area (Å²) in [5, 5.41) is 0. The van der Waals surface area contributed by atoms with Gasteiger partial charge in [-0.1, -0.05) is 6.92 Å². The molecular formula is C6H10N2O5. The maximum atomic E-state index is 10.9. The molecule has 0 saturated carbocycles. The van der Waals surface area contributed by atoms with Crippen molar-refractivity contribution in [1.82, 2.24) is 0 Å². The first-order valence-corrected chi connectivity index (χ1v) is 3.44. The normalized spacial score (nSPS) is 11.5. The maximum absolute atomic E-state index is 10.9. The fourth-order valence-electron chi connectivity index (χ4n) is 0.603. The van der Waals surface area contributed by atoms with Gasteiger partial charge in [0.25, 0.3) is 0 Å². The molecule has 0 bridgehead atoms. The topological polar surface area (TPSA) is 122 Å². The van der Waals surface area contributed by atoms with Crippen LogP contribution in [0.4, 0.5) is 9.59 Å². The molecule has 0 aromatic rings. The van der Waals surface area contributed by atoms with E-state index in [1.165, 1.54) is 0 Å². The number of esters is 1. The minimum atomic E-state index is -1.25. The van der Waals surface area contributed by atoms with Crippen LogP contribution in [0.3, 0.4) is 0 Å². The van der Waals surface area contributed by atoms with Crippen molar-refractivity contribution >= 4 is 18.2 Å². The molecule has 0 saturated heterocycles. The van der Waals surface area contributed by atoms with Crippen LogP contribution >= 0.6 is 0 Å². The van der Waals surface area contributed by atoms with E-state index in [0.29, 0.717) is 0 Å². The van der Waals surface area contributed by atoms with Crippen molar-refractivity contribution in [3.05, 3.63) is 0 Å². The van der Waals surface area contributed by atoms with Crippen molar-refractivity contribution in [3.8, 4) is 0 Å². The van der Waals surface area contributed by atoms with Crippen LogP contribution in [0.1, 0.15) is 13.3 Å². The molecule has 0 aliphatic heterocycles. The Kier molecular flexibility index (Phi) is 4.28. The molecule has 2 amide bonds. The van der Waals surface area contributed by atoms with Crippen LogP contribution in [0.15, 0.2) is 0 Å². The van der Waals surface area contributed by atoms with E-state index in [4.69, 9.17) is 0 Å². The molecule has 0 rings (SSSR count). The largest absolute Gasteiger partial charge is 0.434 e. The fourth-order valence-corrected chi connectivity index (χ4v) is 0.603. The molecule has 0 heterocycles. The molecule has 0 aromatic carbocycles. The molecule has 1 atom stereocenters. The highest BCUT2D eigenvalue weighted by Gasteiger charge is 2.23. The van der Waals surface area contributed by atoms with Gasteiger partial charge in [0.05, 0.1) is 0 Å². The summed E-state index contributed by atoms with van der Waals surface area (Å²) in [6.07, 6.45) is -3.41. The number of amides is 2. The molecule has 13 heavy (non-hydrogen) atoms. The lowest BCUT2D eigenvalue weighted by atomic mass is 10.3. The lowest BCUT2D eigenvalue weighted by molar-refractivity contribution is -0.146. The molecule has 1 unspecified atom stereocenters. The minimum absolute atomic E-state index is 0.148. The van der Waals surface area contributed by atoms with E-state index in [1.807, 2.05) is 0 Å². The SMILES string of the molecule is CCC(OC(N)=O)C(=O)OC(N)=O. The predicted molar refractivity (Wildman–Crippen MR) is 40.4 cm³/mol. The van der Waals surface area contributed by atoms with Crippen LogP contribution in [0.5, 0.6) is 0 Å². The summed E-state index contributed by atoms with van der Waals surface area (Å²) in [5.41, 5.74) is 9.22. The Morgan fingerprint density at radius 1 is 1.23 bits per heavy atom. The van der Waals surface area contributed by atoms with Gasteiger partial charge in [0.2, 0.25) is 6.10 Å². The molecule has 7 nitrogen and oxygen atoms in total. The van der Waals surface area contributed by atoms with Crippen LogP contribution in [0, 0.1) is 0 Å². The van der Waals surface area contributed by atoms with Crippen LogP contribution in [-0.2, 0) is 14.3 Å². The zero-order valence-electron chi connectivity index (χ0n) is 6.98. The Balaban J connectivity index is 4.15. The van der Waals surface area contributed by atoms with E-state index < -0.39 is 24.3 Å². The number of nitrogens with two attached hydrogens (primary N) is 2. The molecule has 4 N–H and O–H groups in total. The standard InChI is InChI=1S/C6H10N2O5/c1-2-3(12-5(7)10)4(9)13-6(8)11/h3H,2H2,1H3,(H2,7,10)(H2,8,11). The highest BCUT2D eigenvalue weighted by atomic mass is 16.6. The second kappa shape index (κ2) is 4.96. The highest BCUT2D eigenvalue weighted by Crippen LogP contribution is 2.00. The van der Waals surface area contributed by atoms with Gasteiger partial charge in [0, 0.05) is 0 Å². The molecule has 0 aromatic heterocycles. The maximum Gasteiger partial charge on any atom is 0.412 e. The quantitative estimate of drug-likeness (QED) is 0.458. The van der Waals surface area contributed by atoms with Crippen molar-refractivity contribution in [2.24, 2.45) is 11.5 Å². The van der Waals surface area contributed by atoms with Gasteiger partial charge < -0.3 is 20.9 Å². The van der Waals surface area contributed by atoms with Gasteiger partial charge in [0.1, 0.15) is 0 Å². The first kappa shape index (κ1) is 11.2. The van der Waals surface area contributed by atoms with Gasteiger partial charge in [-0.2, -0.15) is 0 Å². The van der Waals surface area contributed by atoms with Crippen LogP contribution < -0.4 is 11.5 Å². The highest BCUT2D eigenvalue weighted by molar-refractivity contribution is 5.87. The van der Waals surface area contributed by atoms with Gasteiger partial charge in [-0.05, 0) is 6.42 Å². The third-order valence-electron chi connectivity index (χ3n) is 1.09. The molecular weight excluding hydrogens is 180 g/mol. The van der Waals surface area contributed by atoms with E-state index in [2.05, 4.69) is 20.9 Å². The van der Waals surface area contributed by atoms with Crippen LogP contribution in [-0.4, -0.2) is 24.3 Å². The Labute approximate surface area is 74.0 Å². The minimum Gasteiger partial charge on any atom is -0.434 e. The van der Waals surface area contributed by atoms with E-state index in [9.17, 15) is 14.4 Å². The summed E-state index contributed by atoms with van der Waals surface area (Å²) in [6, 6.07) is 0. The Morgan fingerprint density at radius 3 is 2.08 bits per heavy atom. The van der Waals surface area contributed by atoms with Gasteiger partial charge >= 0.3 is 18.2 Å². The van der Waals surface area contributed by atoms with E-state index in [0.717, 1.165) is 0 Å². The smallest absolute Gasteiger partial charge is 0.412 e. The second-order valence-corrected chi connectivity index (χ2v) is 2.07. The van der Waals surface area contributed by atoms with E-state index in [1.54, 1.807) is 6.92 Å². The number of primary amides is 2. The zero-order chi connectivity index (χ0) is 10.4. The monoisotopic (exact) mass is 190 g/mol. The predicted octanol–water partition coefficient (Wildman–Crippen LogP) is -0.518. The molecule has 0 aliphatic rings. The number of hydrogen-bond acceptors (Lipinski definition) is 5. The number of carbonyl (C=O) groups is 3. The van der Waals surface area contributed by atoms with Gasteiger partial charge in [0.15, 0.2) is 0 Å². The third kappa shape index (κ3) is 4.62. The second-order valence-electron chi connectivity index (χ2n) is 2.07. The number of hydrogen-bond donors (Lipinski definition) is 2. The van der Waals surface area contributed by atoms with Crippen molar-refractivity contribution in [2.75, 3.05) is 0 Å². The third-order valence-corrected chi connectivity index (χ3v) is 1.09. The summed E-state index contributed by atoms with van der Waals surface area (Å²) in [6.45, 7) is 1.55. The lowest BCUT2D eigenvalue weighted by Crippen LogP contribution is -2.33. The van der Waals surface area contributed by atoms with Gasteiger partial charge in [-0.3, -0.25) is 0 Å².